The molecule has 0 saturated carbocycles. The lowest BCUT2D eigenvalue weighted by atomic mass is 10.2. The van der Waals surface area contributed by atoms with Gasteiger partial charge in [-0.3, -0.25) is 0 Å². The molecule has 2 aromatic rings. The van der Waals surface area contributed by atoms with Crippen molar-refractivity contribution < 1.29 is 9.53 Å². The van der Waals surface area contributed by atoms with Crippen molar-refractivity contribution in [3.05, 3.63) is 18.1 Å². The van der Waals surface area contributed by atoms with Crippen molar-refractivity contribution in [1.82, 2.24) is 19.6 Å². The highest BCUT2D eigenvalue weighted by Crippen LogP contribution is 2.27. The molecular weight excluding hydrogens is 270 g/mol. The number of rotatable bonds is 4. The highest BCUT2D eigenvalue weighted by molar-refractivity contribution is 5.80. The molecule has 0 bridgehead atoms. The highest BCUT2D eigenvalue weighted by Gasteiger charge is 2.33. The van der Waals surface area contributed by atoms with Crippen molar-refractivity contribution in [3.63, 3.8) is 0 Å². The summed E-state index contributed by atoms with van der Waals surface area (Å²) in [4.78, 5) is 22.7. The molecule has 3 heterocycles. The monoisotopic (exact) mass is 289 g/mol. The van der Waals surface area contributed by atoms with Crippen LogP contribution in [-0.2, 0) is 16.0 Å². The zero-order valence-electron chi connectivity index (χ0n) is 12.3. The predicted molar refractivity (Wildman–Crippen MR) is 77.2 cm³/mol. The summed E-state index contributed by atoms with van der Waals surface area (Å²) in [6, 6.07) is 1.76. The first-order valence-corrected chi connectivity index (χ1v) is 7.28. The first-order chi connectivity index (χ1) is 10.2. The standard InChI is InChI=1S/C14H19N5O2/c1-3-5-10-8-12(19-14(17-10)15-9-16-19)18-7-4-6-11(18)13(20)21-2/h8-9,11H,3-7H2,1-2H3/t11-/m1/s1. The number of hydrogen-bond donors (Lipinski definition) is 0. The van der Waals surface area contributed by atoms with E-state index in [0.717, 1.165) is 43.7 Å². The first-order valence-electron chi connectivity index (χ1n) is 7.28. The molecule has 7 nitrogen and oxygen atoms in total. The minimum absolute atomic E-state index is 0.199. The summed E-state index contributed by atoms with van der Waals surface area (Å²) >= 11 is 0. The molecule has 1 saturated heterocycles. The average Bonchev–Trinajstić information content (AvgIpc) is 3.14. The summed E-state index contributed by atoms with van der Waals surface area (Å²) in [7, 11) is 1.43. The molecule has 0 spiro atoms. The number of aromatic nitrogens is 4. The van der Waals surface area contributed by atoms with E-state index in [0.29, 0.717) is 5.78 Å². The topological polar surface area (TPSA) is 72.6 Å². The second-order valence-electron chi connectivity index (χ2n) is 5.20. The number of aryl methyl sites for hydroxylation is 1. The summed E-state index contributed by atoms with van der Waals surface area (Å²) in [5.74, 6) is 1.25. The van der Waals surface area contributed by atoms with Crippen LogP contribution in [0.1, 0.15) is 31.9 Å². The molecule has 7 heteroatoms. The Morgan fingerprint density at radius 3 is 3.14 bits per heavy atom. The maximum absolute atomic E-state index is 12.0. The van der Waals surface area contributed by atoms with Crippen LogP contribution >= 0.6 is 0 Å². The van der Waals surface area contributed by atoms with Crippen LogP contribution in [0.2, 0.25) is 0 Å². The third-order valence-corrected chi connectivity index (χ3v) is 3.81. The minimum atomic E-state index is -0.251. The van der Waals surface area contributed by atoms with E-state index >= 15 is 0 Å². The summed E-state index contributed by atoms with van der Waals surface area (Å²) in [5, 5.41) is 4.23. The van der Waals surface area contributed by atoms with E-state index in [1.807, 2.05) is 11.0 Å². The van der Waals surface area contributed by atoms with Gasteiger partial charge >= 0.3 is 5.97 Å². The van der Waals surface area contributed by atoms with Gasteiger partial charge in [-0.1, -0.05) is 13.3 Å². The molecule has 1 aliphatic heterocycles. The average molecular weight is 289 g/mol. The zero-order valence-corrected chi connectivity index (χ0v) is 12.3. The number of methoxy groups -OCH3 is 1. The van der Waals surface area contributed by atoms with Crippen molar-refractivity contribution in [2.24, 2.45) is 0 Å². The largest absolute Gasteiger partial charge is 0.467 e. The van der Waals surface area contributed by atoms with E-state index in [4.69, 9.17) is 4.74 Å². The SMILES string of the molecule is CCCc1cc(N2CCC[C@@H]2C(=O)OC)n2ncnc2n1. The van der Waals surface area contributed by atoms with Gasteiger partial charge in [0.15, 0.2) is 0 Å². The maximum atomic E-state index is 12.0. The van der Waals surface area contributed by atoms with Crippen LogP contribution in [0.15, 0.2) is 12.4 Å². The van der Waals surface area contributed by atoms with E-state index < -0.39 is 0 Å². The lowest BCUT2D eigenvalue weighted by Gasteiger charge is -2.25. The first kappa shape index (κ1) is 13.8. The van der Waals surface area contributed by atoms with Crippen molar-refractivity contribution in [3.8, 4) is 0 Å². The van der Waals surface area contributed by atoms with Gasteiger partial charge in [-0.05, 0) is 19.3 Å². The number of hydrogen-bond acceptors (Lipinski definition) is 6. The lowest BCUT2D eigenvalue weighted by molar-refractivity contribution is -0.141. The fraction of sp³-hybridized carbons (Fsp3) is 0.571. The second-order valence-corrected chi connectivity index (χ2v) is 5.20. The normalized spacial score (nSPS) is 18.4. The summed E-state index contributed by atoms with van der Waals surface area (Å²) < 4.78 is 6.61. The lowest BCUT2D eigenvalue weighted by Crippen LogP contribution is -2.38. The van der Waals surface area contributed by atoms with E-state index in [1.165, 1.54) is 13.4 Å². The van der Waals surface area contributed by atoms with Crippen molar-refractivity contribution in [1.29, 1.82) is 0 Å². The number of carbonyl (C=O) groups excluding carboxylic acids is 1. The molecule has 112 valence electrons. The van der Waals surface area contributed by atoms with Gasteiger partial charge in [0.1, 0.15) is 18.2 Å². The van der Waals surface area contributed by atoms with Gasteiger partial charge in [-0.25, -0.2) is 9.78 Å². The zero-order chi connectivity index (χ0) is 14.8. The minimum Gasteiger partial charge on any atom is -0.467 e. The van der Waals surface area contributed by atoms with Crippen molar-refractivity contribution >= 4 is 17.6 Å². The van der Waals surface area contributed by atoms with Gasteiger partial charge in [0, 0.05) is 18.3 Å². The maximum Gasteiger partial charge on any atom is 0.328 e. The fourth-order valence-electron chi connectivity index (χ4n) is 2.85. The Labute approximate surface area is 122 Å². The van der Waals surface area contributed by atoms with Crippen LogP contribution in [0.4, 0.5) is 5.82 Å². The molecule has 21 heavy (non-hydrogen) atoms. The second kappa shape index (κ2) is 5.67. The highest BCUT2D eigenvalue weighted by atomic mass is 16.5. The fourth-order valence-corrected chi connectivity index (χ4v) is 2.85. The van der Waals surface area contributed by atoms with Gasteiger partial charge in [0.05, 0.1) is 7.11 Å². The molecule has 0 N–H and O–H groups in total. The number of ether oxygens (including phenoxy) is 1. The Bertz CT molecular complexity index is 654. The Balaban J connectivity index is 2.05. The van der Waals surface area contributed by atoms with Gasteiger partial charge < -0.3 is 9.64 Å². The van der Waals surface area contributed by atoms with Crippen molar-refractivity contribution in [2.45, 2.75) is 38.6 Å². The molecule has 0 amide bonds. The smallest absolute Gasteiger partial charge is 0.328 e. The Hall–Kier alpha value is -2.18. The number of anilines is 1. The number of nitrogens with zero attached hydrogens (tertiary/aromatic N) is 5. The van der Waals surface area contributed by atoms with E-state index in [1.54, 1.807) is 4.52 Å². The molecule has 0 unspecified atom stereocenters. The molecule has 0 aliphatic carbocycles. The van der Waals surface area contributed by atoms with Crippen LogP contribution in [0.3, 0.4) is 0 Å². The number of esters is 1. The molecule has 1 fully saturated rings. The number of carbonyl (C=O) groups is 1. The Kier molecular flexibility index (Phi) is 3.72. The molecule has 0 radical (unpaired) electrons. The summed E-state index contributed by atoms with van der Waals surface area (Å²) in [5.41, 5.74) is 0.975. The van der Waals surface area contributed by atoms with Gasteiger partial charge in [-0.2, -0.15) is 14.6 Å². The molecule has 1 atom stereocenters. The third-order valence-electron chi connectivity index (χ3n) is 3.81. The quantitative estimate of drug-likeness (QED) is 0.788. The molecule has 2 aromatic heterocycles. The Morgan fingerprint density at radius 1 is 1.52 bits per heavy atom. The van der Waals surface area contributed by atoms with E-state index in [9.17, 15) is 4.79 Å². The van der Waals surface area contributed by atoms with Crippen molar-refractivity contribution in [2.75, 3.05) is 18.6 Å². The van der Waals surface area contributed by atoms with E-state index in [2.05, 4.69) is 22.0 Å². The third kappa shape index (κ3) is 2.43. The van der Waals surface area contributed by atoms with Gasteiger partial charge in [0.2, 0.25) is 0 Å². The predicted octanol–water partition coefficient (Wildman–Crippen LogP) is 1.22. The Morgan fingerprint density at radius 2 is 2.38 bits per heavy atom. The van der Waals surface area contributed by atoms with Crippen LogP contribution in [0.5, 0.6) is 0 Å². The van der Waals surface area contributed by atoms with Crippen LogP contribution in [0, 0.1) is 0 Å². The summed E-state index contributed by atoms with van der Waals surface area (Å²) in [6.07, 6.45) is 5.14. The molecule has 3 rings (SSSR count). The molecular formula is C14H19N5O2. The van der Waals surface area contributed by atoms with Crippen LogP contribution < -0.4 is 4.90 Å². The molecule has 0 aromatic carbocycles. The summed E-state index contributed by atoms with van der Waals surface area (Å²) in [6.45, 7) is 2.92. The van der Waals surface area contributed by atoms with Gasteiger partial charge in [-0.15, -0.1) is 0 Å². The van der Waals surface area contributed by atoms with E-state index in [-0.39, 0.29) is 12.0 Å². The van der Waals surface area contributed by atoms with Gasteiger partial charge in [0.25, 0.3) is 5.78 Å². The van der Waals surface area contributed by atoms with Crippen LogP contribution in [-0.4, -0.2) is 45.2 Å². The van der Waals surface area contributed by atoms with Crippen LogP contribution in [0.25, 0.3) is 5.78 Å². The molecule has 1 aliphatic rings. The number of fused-ring (bicyclic) bond motifs is 1.